The van der Waals surface area contributed by atoms with Crippen molar-refractivity contribution in [3.8, 4) is 0 Å². The predicted molar refractivity (Wildman–Crippen MR) is 166 cm³/mol. The predicted octanol–water partition coefficient (Wildman–Crippen LogP) is 8.60. The van der Waals surface area contributed by atoms with E-state index in [4.69, 9.17) is 5.73 Å². The van der Waals surface area contributed by atoms with Gasteiger partial charge in [-0.15, -0.1) is 0 Å². The molecule has 0 fully saturated rings. The van der Waals surface area contributed by atoms with E-state index in [1.54, 1.807) is 0 Å². The second kappa shape index (κ2) is 10.3. The Kier molecular flexibility index (Phi) is 9.04. The van der Waals surface area contributed by atoms with Gasteiger partial charge in [0.1, 0.15) is 0 Å². The van der Waals surface area contributed by atoms with E-state index in [2.05, 4.69) is 133 Å². The molecule has 2 N–H and O–H groups in total. The summed E-state index contributed by atoms with van der Waals surface area (Å²) in [5.74, 6) is 0. The van der Waals surface area contributed by atoms with Crippen molar-refractivity contribution >= 4 is 52.3 Å². The SMILES string of the molecule is C[Si](C)(C)[CH]([Ge]([CH]1C=CC=C/C1=C(/N)c1ccccc1)[CH]([Si](C)(C)C)[Si](C)(C)C)[Si](C)(C)C. The molecule has 2 rings (SSSR count). The third-order valence-corrected chi connectivity index (χ3v) is 58.3. The van der Waals surface area contributed by atoms with E-state index in [1.165, 1.54) is 11.1 Å². The van der Waals surface area contributed by atoms with Gasteiger partial charge in [-0.1, -0.05) is 0 Å². The summed E-state index contributed by atoms with van der Waals surface area (Å²) in [6, 6.07) is 10.7. The fourth-order valence-electron chi connectivity index (χ4n) is 7.00. The van der Waals surface area contributed by atoms with Crippen LogP contribution < -0.4 is 5.73 Å². The van der Waals surface area contributed by atoms with Gasteiger partial charge in [-0.05, 0) is 0 Å². The number of allylic oxidation sites excluding steroid dienone is 5. The van der Waals surface area contributed by atoms with Crippen LogP contribution in [0, 0.1) is 0 Å². The summed E-state index contributed by atoms with van der Waals surface area (Å²) in [5.41, 5.74) is 10.6. The number of nitrogens with two attached hydrogens (primary N) is 1. The Balaban J connectivity index is 2.89. The Labute approximate surface area is 214 Å². The zero-order valence-electron chi connectivity index (χ0n) is 23.5. The third-order valence-electron chi connectivity index (χ3n) is 6.91. The molecule has 1 aromatic carbocycles. The molecule has 0 heterocycles. The molecule has 1 unspecified atom stereocenters. The zero-order valence-corrected chi connectivity index (χ0v) is 29.6. The Morgan fingerprint density at radius 3 is 1.52 bits per heavy atom. The van der Waals surface area contributed by atoms with Crippen molar-refractivity contribution in [2.24, 2.45) is 5.73 Å². The zero-order chi connectivity index (χ0) is 25.4. The minimum atomic E-state index is -1.71. The van der Waals surface area contributed by atoms with Crippen LogP contribution in [0.4, 0.5) is 0 Å². The number of hydrogen-bond donors (Lipinski definition) is 1. The van der Waals surface area contributed by atoms with Crippen LogP contribution in [0.5, 0.6) is 0 Å². The van der Waals surface area contributed by atoms with Crippen LogP contribution in [0.3, 0.4) is 0 Å². The van der Waals surface area contributed by atoms with E-state index in [-0.39, 0.29) is 0 Å². The molecule has 6 heteroatoms. The topological polar surface area (TPSA) is 26.0 Å². The quantitative estimate of drug-likeness (QED) is 0.310. The average molecular weight is 574 g/mol. The van der Waals surface area contributed by atoms with Gasteiger partial charge in [-0.2, -0.15) is 0 Å². The molecule has 33 heavy (non-hydrogen) atoms. The third kappa shape index (κ3) is 7.09. The normalized spacial score (nSPS) is 19.7. The summed E-state index contributed by atoms with van der Waals surface area (Å²) >= 11 is -1.71. The van der Waals surface area contributed by atoms with Crippen LogP contribution in [0.25, 0.3) is 5.70 Å². The summed E-state index contributed by atoms with van der Waals surface area (Å²) in [6.45, 7) is 32.2. The van der Waals surface area contributed by atoms with Crippen molar-refractivity contribution in [3.63, 3.8) is 0 Å². The summed E-state index contributed by atoms with van der Waals surface area (Å²) < 4.78 is 2.59. The number of rotatable bonds is 8. The van der Waals surface area contributed by atoms with E-state index < -0.39 is 46.6 Å². The van der Waals surface area contributed by atoms with Gasteiger partial charge in [0.05, 0.1) is 0 Å². The molecule has 0 amide bonds. The average Bonchev–Trinajstić information content (AvgIpc) is 2.63. The van der Waals surface area contributed by atoms with Crippen LogP contribution >= 0.6 is 0 Å². The second-order valence-electron chi connectivity index (χ2n) is 14.3. The Hall–Kier alpha value is -0.350. The first-order chi connectivity index (χ1) is 14.9. The fraction of sp³-hybridized carbons (Fsp3) is 0.556. The molecule has 0 aliphatic heterocycles. The van der Waals surface area contributed by atoms with E-state index in [0.717, 1.165) is 13.7 Å². The van der Waals surface area contributed by atoms with Crippen LogP contribution in [0.2, 0.25) is 91.3 Å². The molecule has 0 aromatic heterocycles. The van der Waals surface area contributed by atoms with Gasteiger partial charge in [0.25, 0.3) is 0 Å². The minimum absolute atomic E-state index is 0.571. The Morgan fingerprint density at radius 2 is 1.12 bits per heavy atom. The molecule has 183 valence electrons. The van der Waals surface area contributed by atoms with E-state index >= 15 is 0 Å². The molecule has 0 saturated heterocycles. The number of hydrogen-bond acceptors (Lipinski definition) is 1. The van der Waals surface area contributed by atoms with E-state index in [1.807, 2.05) is 0 Å². The van der Waals surface area contributed by atoms with Gasteiger partial charge >= 0.3 is 215 Å². The summed E-state index contributed by atoms with van der Waals surface area (Å²) in [5, 5.41) is 0. The van der Waals surface area contributed by atoms with Crippen LogP contribution in [-0.2, 0) is 0 Å². The van der Waals surface area contributed by atoms with Crippen LogP contribution in [0.15, 0.2) is 60.2 Å². The standard InChI is InChI=1S/C27H50GeNSi4/c1-30(2,3)26(31(4,5)6)28(27(32(7,8)9)33(10,11)12)24-21-17-16-20-23(24)25(29)22-18-14-13-15-19-22/h13-21,24,26-27H,29H2,1-12H3/b25-23-. The molecule has 1 aliphatic rings. The van der Waals surface area contributed by atoms with Gasteiger partial charge in [-0.3, -0.25) is 0 Å². The maximum absolute atomic E-state index is 7.00. The van der Waals surface area contributed by atoms with Gasteiger partial charge in [0.2, 0.25) is 0 Å². The van der Waals surface area contributed by atoms with Crippen molar-refractivity contribution in [2.45, 2.75) is 91.3 Å². The Morgan fingerprint density at radius 1 is 0.697 bits per heavy atom. The van der Waals surface area contributed by atoms with Crippen molar-refractivity contribution in [3.05, 3.63) is 65.8 Å². The van der Waals surface area contributed by atoms with Crippen molar-refractivity contribution in [2.75, 3.05) is 0 Å². The molecule has 0 spiro atoms. The van der Waals surface area contributed by atoms with Crippen molar-refractivity contribution in [1.82, 2.24) is 0 Å². The van der Waals surface area contributed by atoms with Crippen molar-refractivity contribution < 1.29 is 0 Å². The molecule has 1 radical (unpaired) electrons. The molecule has 0 saturated carbocycles. The first-order valence-electron chi connectivity index (χ1n) is 12.6. The maximum atomic E-state index is 7.00. The summed E-state index contributed by atoms with van der Waals surface area (Å²) in [4.78, 5) is 0. The monoisotopic (exact) mass is 574 g/mol. The first-order valence-corrected chi connectivity index (χ1v) is 30.6. The molecule has 1 aliphatic carbocycles. The van der Waals surface area contributed by atoms with E-state index in [0.29, 0.717) is 4.75 Å². The van der Waals surface area contributed by atoms with Gasteiger partial charge in [-0.25, -0.2) is 0 Å². The molecule has 0 bridgehead atoms. The summed E-state index contributed by atoms with van der Waals surface area (Å²) in [6.07, 6.45) is 9.54. The fourth-order valence-corrected chi connectivity index (χ4v) is 71.8. The van der Waals surface area contributed by atoms with Crippen LogP contribution in [0.1, 0.15) is 5.56 Å². The van der Waals surface area contributed by atoms with Gasteiger partial charge in [0, 0.05) is 0 Å². The molecule has 1 nitrogen and oxygen atoms in total. The Bertz CT molecular complexity index is 833. The van der Waals surface area contributed by atoms with Gasteiger partial charge in [0.15, 0.2) is 0 Å². The first kappa shape index (κ1) is 28.9. The molecule has 1 atom stereocenters. The number of benzene rings is 1. The van der Waals surface area contributed by atoms with Crippen LogP contribution in [-0.4, -0.2) is 46.6 Å². The second-order valence-corrected chi connectivity index (χ2v) is 47.4. The van der Waals surface area contributed by atoms with Crippen molar-refractivity contribution in [1.29, 1.82) is 0 Å². The molecular formula is C27H50GeNSi4. The van der Waals surface area contributed by atoms with E-state index in [9.17, 15) is 0 Å². The van der Waals surface area contributed by atoms with Gasteiger partial charge < -0.3 is 0 Å². The molecule has 1 aromatic rings. The summed E-state index contributed by atoms with van der Waals surface area (Å²) in [7, 11) is -5.50. The molecular weight excluding hydrogens is 523 g/mol.